The van der Waals surface area contributed by atoms with Crippen molar-refractivity contribution in [3.8, 4) is 5.75 Å². The largest absolute Gasteiger partial charge is 0.503 e. The molecule has 1 aliphatic heterocycles. The monoisotopic (exact) mass is 275 g/mol. The molecule has 1 aromatic rings. The van der Waals surface area contributed by atoms with Crippen LogP contribution in [0.2, 0.25) is 0 Å². The molecule has 2 rings (SSSR count). The standard InChI is InChI=1S/C11H11F2NO3S/c12-9-3-7(4-10(13)11(9)15)5-14-8-1-2-18(16,17)6-8/h1-4,8,14-15H,5-6H2. The summed E-state index contributed by atoms with van der Waals surface area (Å²) in [6.07, 6.45) is 1.49. The smallest absolute Gasteiger partial charge is 0.187 e. The Morgan fingerprint density at radius 1 is 1.33 bits per heavy atom. The number of benzene rings is 1. The minimum Gasteiger partial charge on any atom is -0.503 e. The Hall–Kier alpha value is -1.47. The predicted molar refractivity (Wildman–Crippen MR) is 61.6 cm³/mol. The number of sulfone groups is 1. The van der Waals surface area contributed by atoms with Crippen LogP contribution in [0, 0.1) is 11.6 Å². The van der Waals surface area contributed by atoms with Crippen molar-refractivity contribution < 1.29 is 22.3 Å². The second-order valence-corrected chi connectivity index (χ2v) is 5.98. The molecule has 4 nitrogen and oxygen atoms in total. The molecule has 0 fully saturated rings. The lowest BCUT2D eigenvalue weighted by atomic mass is 10.2. The van der Waals surface area contributed by atoms with Gasteiger partial charge >= 0.3 is 0 Å². The Morgan fingerprint density at radius 2 is 1.94 bits per heavy atom. The molecule has 7 heteroatoms. The Kier molecular flexibility index (Phi) is 3.36. The maximum absolute atomic E-state index is 13.0. The molecule has 0 saturated heterocycles. The molecular weight excluding hydrogens is 264 g/mol. The summed E-state index contributed by atoms with van der Waals surface area (Å²) in [5, 5.41) is 12.9. The van der Waals surface area contributed by atoms with Crippen LogP contribution in [0.1, 0.15) is 5.56 Å². The van der Waals surface area contributed by atoms with Crippen molar-refractivity contribution in [2.45, 2.75) is 12.6 Å². The minimum absolute atomic E-state index is 0.0595. The van der Waals surface area contributed by atoms with Crippen molar-refractivity contribution in [1.82, 2.24) is 5.32 Å². The van der Waals surface area contributed by atoms with Gasteiger partial charge in [0.15, 0.2) is 27.2 Å². The van der Waals surface area contributed by atoms with Gasteiger partial charge < -0.3 is 10.4 Å². The summed E-state index contributed by atoms with van der Waals surface area (Å²) < 4.78 is 48.3. The van der Waals surface area contributed by atoms with Crippen molar-refractivity contribution in [2.24, 2.45) is 0 Å². The first kappa shape index (κ1) is 13.0. The average molecular weight is 275 g/mol. The molecule has 1 heterocycles. The molecule has 1 atom stereocenters. The zero-order valence-electron chi connectivity index (χ0n) is 9.23. The van der Waals surface area contributed by atoms with Gasteiger partial charge in [0.25, 0.3) is 0 Å². The summed E-state index contributed by atoms with van der Waals surface area (Å²) >= 11 is 0. The zero-order valence-corrected chi connectivity index (χ0v) is 10.0. The Labute approximate surface area is 103 Å². The van der Waals surface area contributed by atoms with Gasteiger partial charge in [-0.05, 0) is 17.7 Å². The van der Waals surface area contributed by atoms with Crippen molar-refractivity contribution in [3.63, 3.8) is 0 Å². The van der Waals surface area contributed by atoms with Gasteiger partial charge in [-0.3, -0.25) is 0 Å². The molecular formula is C11H11F2NO3S. The lowest BCUT2D eigenvalue weighted by molar-refractivity contribution is 0.395. The quantitative estimate of drug-likeness (QED) is 0.866. The fourth-order valence-corrected chi connectivity index (χ4v) is 2.94. The van der Waals surface area contributed by atoms with Gasteiger partial charge in [0, 0.05) is 18.0 Å². The van der Waals surface area contributed by atoms with Gasteiger partial charge in [0.2, 0.25) is 0 Å². The van der Waals surface area contributed by atoms with Crippen molar-refractivity contribution in [3.05, 3.63) is 40.8 Å². The molecule has 18 heavy (non-hydrogen) atoms. The van der Waals surface area contributed by atoms with Gasteiger partial charge in [-0.1, -0.05) is 6.08 Å². The van der Waals surface area contributed by atoms with Crippen LogP contribution in [-0.2, 0) is 16.4 Å². The third kappa shape index (κ3) is 2.85. The molecule has 0 aliphatic carbocycles. The highest BCUT2D eigenvalue weighted by atomic mass is 32.2. The van der Waals surface area contributed by atoms with E-state index in [0.29, 0.717) is 5.56 Å². The van der Waals surface area contributed by atoms with Crippen LogP contribution in [0.4, 0.5) is 8.78 Å². The summed E-state index contributed by atoms with van der Waals surface area (Å²) in [5.41, 5.74) is 0.292. The van der Waals surface area contributed by atoms with E-state index in [1.54, 1.807) is 0 Å². The van der Waals surface area contributed by atoms with Crippen LogP contribution < -0.4 is 5.32 Å². The summed E-state index contributed by atoms with van der Waals surface area (Å²) in [5.74, 6) is -3.15. The molecule has 1 unspecified atom stereocenters. The lowest BCUT2D eigenvalue weighted by Crippen LogP contribution is -2.29. The number of rotatable bonds is 3. The third-order valence-electron chi connectivity index (χ3n) is 2.58. The van der Waals surface area contributed by atoms with E-state index in [0.717, 1.165) is 17.5 Å². The molecule has 0 spiro atoms. The molecule has 1 aliphatic rings. The maximum Gasteiger partial charge on any atom is 0.187 e. The number of aromatic hydroxyl groups is 1. The highest BCUT2D eigenvalue weighted by molar-refractivity contribution is 7.94. The van der Waals surface area contributed by atoms with E-state index in [-0.39, 0.29) is 18.3 Å². The molecule has 0 saturated carbocycles. The SMILES string of the molecule is O=S1(=O)C=CC(NCc2cc(F)c(O)c(F)c2)C1. The molecule has 0 amide bonds. The van der Waals surface area contributed by atoms with Crippen molar-refractivity contribution >= 4 is 9.84 Å². The number of halogens is 2. The number of phenols is 1. The van der Waals surface area contributed by atoms with Crippen LogP contribution in [-0.4, -0.2) is 25.3 Å². The second kappa shape index (κ2) is 4.66. The molecule has 98 valence electrons. The van der Waals surface area contributed by atoms with E-state index >= 15 is 0 Å². The third-order valence-corrected chi connectivity index (χ3v) is 3.97. The van der Waals surface area contributed by atoms with Crippen LogP contribution >= 0.6 is 0 Å². The first-order valence-electron chi connectivity index (χ1n) is 5.18. The second-order valence-electron chi connectivity index (χ2n) is 4.05. The summed E-state index contributed by atoms with van der Waals surface area (Å²) in [4.78, 5) is 0. The highest BCUT2D eigenvalue weighted by Gasteiger charge is 2.21. The minimum atomic E-state index is -3.15. The topological polar surface area (TPSA) is 66.4 Å². The Bertz CT molecular complexity index is 575. The fourth-order valence-electron chi connectivity index (χ4n) is 1.67. The molecule has 2 N–H and O–H groups in total. The maximum atomic E-state index is 13.0. The fraction of sp³-hybridized carbons (Fsp3) is 0.273. The Balaban J connectivity index is 2.02. The normalized spacial score (nSPS) is 21.3. The van der Waals surface area contributed by atoms with Crippen LogP contribution in [0.3, 0.4) is 0 Å². The van der Waals surface area contributed by atoms with Gasteiger partial charge in [-0.25, -0.2) is 17.2 Å². The average Bonchev–Trinajstić information content (AvgIpc) is 2.63. The van der Waals surface area contributed by atoms with E-state index in [9.17, 15) is 17.2 Å². The van der Waals surface area contributed by atoms with Gasteiger partial charge in [0.05, 0.1) is 5.75 Å². The number of phenolic OH excluding ortho intramolecular Hbond substituents is 1. The first-order chi connectivity index (χ1) is 8.37. The van der Waals surface area contributed by atoms with Gasteiger partial charge in [-0.2, -0.15) is 0 Å². The summed E-state index contributed by atoms with van der Waals surface area (Å²) in [6, 6.07) is 1.63. The van der Waals surface area contributed by atoms with E-state index in [4.69, 9.17) is 5.11 Å². The Morgan fingerprint density at radius 3 is 2.44 bits per heavy atom. The molecule has 1 aromatic carbocycles. The number of hydrogen-bond donors (Lipinski definition) is 2. The predicted octanol–water partition coefficient (Wildman–Crippen LogP) is 1.07. The van der Waals surface area contributed by atoms with Gasteiger partial charge in [0.1, 0.15) is 0 Å². The van der Waals surface area contributed by atoms with Crippen LogP contribution in [0.15, 0.2) is 23.6 Å². The van der Waals surface area contributed by atoms with E-state index in [2.05, 4.69) is 5.32 Å². The van der Waals surface area contributed by atoms with Crippen molar-refractivity contribution in [1.29, 1.82) is 0 Å². The van der Waals surface area contributed by atoms with Crippen LogP contribution in [0.5, 0.6) is 5.75 Å². The zero-order chi connectivity index (χ0) is 13.3. The highest BCUT2D eigenvalue weighted by Crippen LogP contribution is 2.21. The summed E-state index contributed by atoms with van der Waals surface area (Å²) in [6.45, 7) is 0.110. The van der Waals surface area contributed by atoms with E-state index in [1.807, 2.05) is 0 Å². The van der Waals surface area contributed by atoms with E-state index in [1.165, 1.54) is 6.08 Å². The summed E-state index contributed by atoms with van der Waals surface area (Å²) in [7, 11) is -3.15. The van der Waals surface area contributed by atoms with Gasteiger partial charge in [-0.15, -0.1) is 0 Å². The number of hydrogen-bond acceptors (Lipinski definition) is 4. The number of nitrogens with one attached hydrogen (secondary N) is 1. The molecule has 0 radical (unpaired) electrons. The van der Waals surface area contributed by atoms with Crippen molar-refractivity contribution in [2.75, 3.05) is 5.75 Å². The van der Waals surface area contributed by atoms with E-state index < -0.39 is 27.2 Å². The lowest BCUT2D eigenvalue weighted by Gasteiger charge is -2.10. The molecule has 0 aromatic heterocycles. The first-order valence-corrected chi connectivity index (χ1v) is 6.90. The molecule has 0 bridgehead atoms. The van der Waals surface area contributed by atoms with Crippen LogP contribution in [0.25, 0.3) is 0 Å².